The molecule has 1 aromatic heterocycles. The first kappa shape index (κ1) is 15.3. The molecule has 0 radical (unpaired) electrons. The van der Waals surface area contributed by atoms with Crippen molar-refractivity contribution in [3.8, 4) is 11.5 Å². The quantitative estimate of drug-likeness (QED) is 0.411. The van der Waals surface area contributed by atoms with Crippen LogP contribution in [-0.4, -0.2) is 36.6 Å². The topological polar surface area (TPSA) is 89.1 Å². The zero-order valence-electron chi connectivity index (χ0n) is 12.3. The van der Waals surface area contributed by atoms with Crippen LogP contribution < -0.4 is 10.4 Å². The second-order valence-electron chi connectivity index (χ2n) is 4.96. The van der Waals surface area contributed by atoms with E-state index in [9.17, 15) is 9.90 Å². The highest BCUT2D eigenvalue weighted by Gasteiger charge is 2.09. The Hall–Kier alpha value is -2.57. The summed E-state index contributed by atoms with van der Waals surface area (Å²) in [6.07, 6.45) is 0. The first-order valence-electron chi connectivity index (χ1n) is 7.20. The van der Waals surface area contributed by atoms with Gasteiger partial charge in [-0.15, -0.1) is 0 Å². The molecule has 0 bridgehead atoms. The summed E-state index contributed by atoms with van der Waals surface area (Å²) in [6, 6.07) is 9.85. The molecule has 1 heterocycles. The van der Waals surface area contributed by atoms with Gasteiger partial charge in [0.05, 0.1) is 25.2 Å². The molecule has 0 atom stereocenters. The molecule has 23 heavy (non-hydrogen) atoms. The maximum Gasteiger partial charge on any atom is 0.344 e. The van der Waals surface area contributed by atoms with E-state index in [4.69, 9.17) is 19.0 Å². The Kier molecular flexibility index (Phi) is 4.45. The van der Waals surface area contributed by atoms with E-state index in [-0.39, 0.29) is 19.0 Å². The Morgan fingerprint density at radius 2 is 1.78 bits per heavy atom. The normalized spacial score (nSPS) is 11.2. The number of aliphatic hydroxyl groups is 1. The van der Waals surface area contributed by atoms with Gasteiger partial charge in [0.2, 0.25) is 0 Å². The Morgan fingerprint density at radius 1 is 0.957 bits per heavy atom. The summed E-state index contributed by atoms with van der Waals surface area (Å²) in [5.74, 6) is 0.582. The van der Waals surface area contributed by atoms with Crippen LogP contribution in [0.1, 0.15) is 0 Å². The van der Waals surface area contributed by atoms with Gasteiger partial charge >= 0.3 is 5.63 Å². The highest BCUT2D eigenvalue weighted by atomic mass is 16.5. The highest BCUT2D eigenvalue weighted by molar-refractivity contribution is 6.04. The molecule has 6 nitrogen and oxygen atoms in total. The SMILES string of the molecule is O=c1oc2cc(O)ccc2c2ccc(OCCOCCO)cc12. The van der Waals surface area contributed by atoms with Crippen LogP contribution in [0.15, 0.2) is 45.6 Å². The average molecular weight is 316 g/mol. The number of aromatic hydroxyl groups is 1. The van der Waals surface area contributed by atoms with Crippen LogP contribution in [0.5, 0.6) is 11.5 Å². The maximum absolute atomic E-state index is 12.1. The molecule has 2 N–H and O–H groups in total. The van der Waals surface area contributed by atoms with E-state index in [1.807, 2.05) is 0 Å². The van der Waals surface area contributed by atoms with Crippen LogP contribution in [-0.2, 0) is 4.74 Å². The Balaban J connectivity index is 1.91. The summed E-state index contributed by atoms with van der Waals surface area (Å²) in [5.41, 5.74) is -0.145. The number of hydrogen-bond donors (Lipinski definition) is 2. The zero-order chi connectivity index (χ0) is 16.2. The van der Waals surface area contributed by atoms with E-state index in [0.29, 0.717) is 29.9 Å². The fraction of sp³-hybridized carbons (Fsp3) is 0.235. The largest absolute Gasteiger partial charge is 0.508 e. The van der Waals surface area contributed by atoms with Crippen molar-refractivity contribution in [2.75, 3.05) is 26.4 Å². The van der Waals surface area contributed by atoms with Crippen molar-refractivity contribution in [3.05, 3.63) is 46.8 Å². The molecular formula is C17H16O6. The zero-order valence-corrected chi connectivity index (χ0v) is 12.3. The monoisotopic (exact) mass is 316 g/mol. The van der Waals surface area contributed by atoms with Crippen LogP contribution in [0.4, 0.5) is 0 Å². The average Bonchev–Trinajstić information content (AvgIpc) is 2.54. The van der Waals surface area contributed by atoms with Gasteiger partial charge in [0.15, 0.2) is 0 Å². The molecule has 6 heteroatoms. The van der Waals surface area contributed by atoms with Gasteiger partial charge in [0.1, 0.15) is 23.7 Å². The molecule has 0 aliphatic carbocycles. The Bertz CT molecular complexity index is 883. The fourth-order valence-corrected chi connectivity index (χ4v) is 2.37. The van der Waals surface area contributed by atoms with Gasteiger partial charge in [-0.05, 0) is 30.3 Å². The standard InChI is InChI=1S/C17H16O6/c18-5-6-21-7-8-22-12-2-4-13-14-3-1-11(19)9-16(14)23-17(20)15(13)10-12/h1-4,9-10,18-19H,5-8H2. The van der Waals surface area contributed by atoms with E-state index in [0.717, 1.165) is 10.8 Å². The van der Waals surface area contributed by atoms with Crippen molar-refractivity contribution < 1.29 is 24.1 Å². The number of fused-ring (bicyclic) bond motifs is 3. The lowest BCUT2D eigenvalue weighted by Gasteiger charge is -2.08. The van der Waals surface area contributed by atoms with Crippen LogP contribution >= 0.6 is 0 Å². The molecule has 0 amide bonds. The molecule has 120 valence electrons. The fourth-order valence-electron chi connectivity index (χ4n) is 2.37. The van der Waals surface area contributed by atoms with Crippen molar-refractivity contribution >= 4 is 21.7 Å². The molecule has 3 aromatic rings. The number of benzene rings is 2. The number of rotatable bonds is 6. The summed E-state index contributed by atoms with van der Waals surface area (Å²) < 4.78 is 15.9. The van der Waals surface area contributed by atoms with Crippen molar-refractivity contribution in [1.29, 1.82) is 0 Å². The molecular weight excluding hydrogens is 300 g/mol. The van der Waals surface area contributed by atoms with Crippen LogP contribution in [0.25, 0.3) is 21.7 Å². The molecule has 0 saturated heterocycles. The van der Waals surface area contributed by atoms with Gasteiger partial charge in [-0.1, -0.05) is 0 Å². The summed E-state index contributed by atoms with van der Waals surface area (Å²) in [7, 11) is 0. The minimum Gasteiger partial charge on any atom is -0.508 e. The molecule has 0 fully saturated rings. The number of aliphatic hydroxyl groups excluding tert-OH is 1. The van der Waals surface area contributed by atoms with Gasteiger partial charge in [0, 0.05) is 16.8 Å². The molecule has 0 saturated carbocycles. The molecule has 3 rings (SSSR count). The lowest BCUT2D eigenvalue weighted by atomic mass is 10.1. The minimum absolute atomic E-state index is 0.0281. The van der Waals surface area contributed by atoms with Crippen molar-refractivity contribution in [1.82, 2.24) is 0 Å². The predicted molar refractivity (Wildman–Crippen MR) is 85.1 cm³/mol. The number of phenolic OH excluding ortho intramolecular Hbond substituents is 1. The summed E-state index contributed by atoms with van der Waals surface area (Å²) in [4.78, 5) is 12.1. The van der Waals surface area contributed by atoms with E-state index in [1.54, 1.807) is 30.3 Å². The predicted octanol–water partition coefficient (Wildman–Crippen LogP) is 2.04. The third kappa shape index (κ3) is 3.28. The van der Waals surface area contributed by atoms with Gasteiger partial charge < -0.3 is 24.1 Å². The van der Waals surface area contributed by atoms with Gasteiger partial charge in [-0.2, -0.15) is 0 Å². The first-order valence-corrected chi connectivity index (χ1v) is 7.20. The van der Waals surface area contributed by atoms with Crippen LogP contribution in [0.2, 0.25) is 0 Å². The van der Waals surface area contributed by atoms with Gasteiger partial charge in [-0.3, -0.25) is 0 Å². The molecule has 0 unspecified atom stereocenters. The molecule has 0 aliphatic heterocycles. The van der Waals surface area contributed by atoms with Crippen molar-refractivity contribution in [2.24, 2.45) is 0 Å². The minimum atomic E-state index is -0.486. The van der Waals surface area contributed by atoms with E-state index >= 15 is 0 Å². The second-order valence-corrected chi connectivity index (χ2v) is 4.96. The number of ether oxygens (including phenoxy) is 2. The van der Waals surface area contributed by atoms with Gasteiger partial charge in [-0.25, -0.2) is 4.79 Å². The molecule has 0 spiro atoms. The van der Waals surface area contributed by atoms with Crippen molar-refractivity contribution in [2.45, 2.75) is 0 Å². The lowest BCUT2D eigenvalue weighted by Crippen LogP contribution is -2.09. The summed E-state index contributed by atoms with van der Waals surface area (Å²) in [5, 5.41) is 20.0. The summed E-state index contributed by atoms with van der Waals surface area (Å²) >= 11 is 0. The highest BCUT2D eigenvalue weighted by Crippen LogP contribution is 2.28. The third-order valence-electron chi connectivity index (χ3n) is 3.40. The van der Waals surface area contributed by atoms with E-state index in [1.165, 1.54) is 6.07 Å². The number of hydrogen-bond acceptors (Lipinski definition) is 6. The summed E-state index contributed by atoms with van der Waals surface area (Å²) in [6.45, 7) is 0.908. The van der Waals surface area contributed by atoms with Crippen molar-refractivity contribution in [3.63, 3.8) is 0 Å². The lowest BCUT2D eigenvalue weighted by molar-refractivity contribution is 0.0705. The smallest absolute Gasteiger partial charge is 0.344 e. The van der Waals surface area contributed by atoms with Crippen LogP contribution in [0.3, 0.4) is 0 Å². The molecule has 2 aromatic carbocycles. The Labute approximate surface area is 131 Å². The van der Waals surface area contributed by atoms with Crippen LogP contribution in [0, 0.1) is 0 Å². The van der Waals surface area contributed by atoms with E-state index in [2.05, 4.69) is 0 Å². The van der Waals surface area contributed by atoms with Gasteiger partial charge in [0.25, 0.3) is 0 Å². The molecule has 0 aliphatic rings. The number of phenols is 1. The first-order chi connectivity index (χ1) is 11.2. The second kappa shape index (κ2) is 6.68. The Morgan fingerprint density at radius 3 is 2.61 bits per heavy atom. The third-order valence-corrected chi connectivity index (χ3v) is 3.40. The maximum atomic E-state index is 12.1. The van der Waals surface area contributed by atoms with E-state index < -0.39 is 5.63 Å².